The molecule has 1 aliphatic heterocycles. The highest BCUT2D eigenvalue weighted by atomic mass is 35.5. The third kappa shape index (κ3) is 3.50. The van der Waals surface area contributed by atoms with Gasteiger partial charge in [-0.1, -0.05) is 38.3 Å². The van der Waals surface area contributed by atoms with Gasteiger partial charge in [-0.15, -0.1) is 0 Å². The molecule has 1 atom stereocenters. The van der Waals surface area contributed by atoms with Crippen LogP contribution in [0.3, 0.4) is 0 Å². The number of unbranched alkanes of at least 4 members (excludes halogenated alkanes) is 2. The molecule has 116 valence electrons. The summed E-state index contributed by atoms with van der Waals surface area (Å²) in [5.41, 5.74) is 2.18. The number of halogens is 1. The van der Waals surface area contributed by atoms with Crippen molar-refractivity contribution in [3.05, 3.63) is 22.7 Å². The summed E-state index contributed by atoms with van der Waals surface area (Å²) in [5, 5.41) is 13.1. The van der Waals surface area contributed by atoms with Crippen LogP contribution in [0.2, 0.25) is 5.02 Å². The van der Waals surface area contributed by atoms with E-state index in [1.165, 1.54) is 0 Å². The molecular formula is C16H23ClN2O2. The Kier molecular flexibility index (Phi) is 5.48. The molecule has 1 aliphatic rings. The molecule has 0 spiro atoms. The van der Waals surface area contributed by atoms with Gasteiger partial charge in [0.05, 0.1) is 10.7 Å². The van der Waals surface area contributed by atoms with Crippen molar-refractivity contribution >= 4 is 28.9 Å². The highest BCUT2D eigenvalue weighted by molar-refractivity contribution is 6.33. The second-order valence-corrected chi connectivity index (χ2v) is 5.88. The van der Waals surface area contributed by atoms with E-state index in [2.05, 4.69) is 24.1 Å². The third-order valence-electron chi connectivity index (χ3n) is 3.82. The summed E-state index contributed by atoms with van der Waals surface area (Å²) in [6.07, 6.45) is 3.35. The molecule has 0 fully saturated rings. The Morgan fingerprint density at radius 1 is 1.24 bits per heavy atom. The normalized spacial score (nSPS) is 16.8. The lowest BCUT2D eigenvalue weighted by molar-refractivity contribution is -0.123. The summed E-state index contributed by atoms with van der Waals surface area (Å²) in [6.45, 7) is 6.23. The molecule has 1 aromatic carbocycles. The van der Waals surface area contributed by atoms with Crippen LogP contribution in [0.25, 0.3) is 0 Å². The molecule has 4 nitrogen and oxygen atoms in total. The number of anilines is 2. The smallest absolute Gasteiger partial charge is 0.257 e. The first kappa shape index (κ1) is 16.1. The maximum atomic E-state index is 11.5. The second kappa shape index (κ2) is 7.14. The van der Waals surface area contributed by atoms with Crippen LogP contribution in [0, 0.1) is 0 Å². The van der Waals surface area contributed by atoms with Crippen LogP contribution in [0.4, 0.5) is 11.4 Å². The number of amides is 1. The minimum atomic E-state index is -1.11. The summed E-state index contributed by atoms with van der Waals surface area (Å²) in [6, 6.07) is 3.59. The molecule has 0 saturated carbocycles. The van der Waals surface area contributed by atoms with E-state index in [0.29, 0.717) is 16.3 Å². The maximum Gasteiger partial charge on any atom is 0.257 e. The zero-order chi connectivity index (χ0) is 15.4. The zero-order valence-electron chi connectivity index (χ0n) is 12.7. The number of aliphatic hydroxyl groups excluding tert-OH is 1. The minimum Gasteiger partial charge on any atom is -0.378 e. The molecule has 0 aliphatic carbocycles. The molecule has 1 unspecified atom stereocenters. The monoisotopic (exact) mass is 310 g/mol. The number of hydrogen-bond acceptors (Lipinski definition) is 3. The van der Waals surface area contributed by atoms with Crippen LogP contribution in [0.15, 0.2) is 12.1 Å². The number of hydrogen-bond donors (Lipinski definition) is 2. The number of rotatable bonds is 7. The van der Waals surface area contributed by atoms with Crippen LogP contribution in [-0.2, 0) is 4.79 Å². The molecule has 1 heterocycles. The predicted molar refractivity (Wildman–Crippen MR) is 87.1 cm³/mol. The molecule has 1 aromatic rings. The molecule has 0 radical (unpaired) electrons. The molecule has 2 rings (SSSR count). The van der Waals surface area contributed by atoms with Crippen LogP contribution < -0.4 is 10.2 Å². The Labute approximate surface area is 131 Å². The Bertz CT molecular complexity index is 511. The van der Waals surface area contributed by atoms with Crippen molar-refractivity contribution in [3.63, 3.8) is 0 Å². The van der Waals surface area contributed by atoms with E-state index < -0.39 is 6.10 Å². The molecule has 1 amide bonds. The van der Waals surface area contributed by atoms with E-state index in [4.69, 9.17) is 11.6 Å². The fourth-order valence-electron chi connectivity index (χ4n) is 2.55. The number of benzene rings is 1. The number of carbonyl (C=O) groups excluding carboxylic acids is 1. The van der Waals surface area contributed by atoms with E-state index >= 15 is 0 Å². The molecule has 0 saturated heterocycles. The van der Waals surface area contributed by atoms with E-state index in [0.717, 1.165) is 44.5 Å². The SMILES string of the molecule is CCCCN(CCCC)c1cc2c(cc1Cl)C(O)C(=O)N2. The summed E-state index contributed by atoms with van der Waals surface area (Å²) >= 11 is 6.38. The molecule has 2 N–H and O–H groups in total. The van der Waals surface area contributed by atoms with Gasteiger partial charge in [-0.25, -0.2) is 0 Å². The number of aliphatic hydroxyl groups is 1. The molecule has 21 heavy (non-hydrogen) atoms. The van der Waals surface area contributed by atoms with Crippen molar-refractivity contribution in [2.75, 3.05) is 23.3 Å². The van der Waals surface area contributed by atoms with Crippen molar-refractivity contribution < 1.29 is 9.90 Å². The van der Waals surface area contributed by atoms with Crippen molar-refractivity contribution in [1.29, 1.82) is 0 Å². The Balaban J connectivity index is 2.28. The topological polar surface area (TPSA) is 52.6 Å². The van der Waals surface area contributed by atoms with E-state index in [1.54, 1.807) is 6.07 Å². The largest absolute Gasteiger partial charge is 0.378 e. The van der Waals surface area contributed by atoms with Crippen molar-refractivity contribution in [3.8, 4) is 0 Å². The van der Waals surface area contributed by atoms with Crippen molar-refractivity contribution in [2.45, 2.75) is 45.6 Å². The van der Waals surface area contributed by atoms with Gasteiger partial charge in [-0.05, 0) is 25.0 Å². The van der Waals surface area contributed by atoms with E-state index in [1.807, 2.05) is 6.07 Å². The Morgan fingerprint density at radius 2 is 1.86 bits per heavy atom. The zero-order valence-corrected chi connectivity index (χ0v) is 13.4. The average Bonchev–Trinajstić information content (AvgIpc) is 2.74. The number of nitrogens with one attached hydrogen (secondary N) is 1. The van der Waals surface area contributed by atoms with Gasteiger partial charge in [0.2, 0.25) is 0 Å². The standard InChI is InChI=1S/C16H23ClN2O2/c1-3-5-7-19(8-6-4-2)14-10-13-11(9-12(14)17)15(20)16(21)18-13/h9-10,15,20H,3-8H2,1-2H3,(H,18,21). The average molecular weight is 311 g/mol. The summed E-state index contributed by atoms with van der Waals surface area (Å²) in [4.78, 5) is 13.8. The lowest BCUT2D eigenvalue weighted by atomic mass is 10.1. The lowest BCUT2D eigenvalue weighted by Gasteiger charge is -2.26. The number of carbonyl (C=O) groups is 1. The second-order valence-electron chi connectivity index (χ2n) is 5.48. The van der Waals surface area contributed by atoms with Gasteiger partial charge in [-0.2, -0.15) is 0 Å². The molecule has 0 bridgehead atoms. The predicted octanol–water partition coefficient (Wildman–Crippen LogP) is 3.73. The molecule has 5 heteroatoms. The first-order valence-electron chi connectivity index (χ1n) is 7.65. The van der Waals surface area contributed by atoms with Gasteiger partial charge in [0.15, 0.2) is 6.10 Å². The van der Waals surface area contributed by atoms with Crippen molar-refractivity contribution in [2.24, 2.45) is 0 Å². The summed E-state index contributed by atoms with van der Waals surface area (Å²) < 4.78 is 0. The maximum absolute atomic E-state index is 11.5. The fourth-order valence-corrected chi connectivity index (χ4v) is 2.84. The van der Waals surface area contributed by atoms with Gasteiger partial charge >= 0.3 is 0 Å². The fraction of sp³-hybridized carbons (Fsp3) is 0.562. The van der Waals surface area contributed by atoms with Crippen LogP contribution >= 0.6 is 11.6 Å². The quantitative estimate of drug-likeness (QED) is 0.807. The van der Waals surface area contributed by atoms with Crippen LogP contribution in [0.1, 0.15) is 51.2 Å². The van der Waals surface area contributed by atoms with Crippen molar-refractivity contribution in [1.82, 2.24) is 0 Å². The first-order chi connectivity index (χ1) is 10.1. The van der Waals surface area contributed by atoms with Crippen LogP contribution in [0.5, 0.6) is 0 Å². The third-order valence-corrected chi connectivity index (χ3v) is 4.13. The summed E-state index contributed by atoms with van der Waals surface area (Å²) in [7, 11) is 0. The van der Waals surface area contributed by atoms with Gasteiger partial charge in [0, 0.05) is 24.3 Å². The van der Waals surface area contributed by atoms with E-state index in [-0.39, 0.29) is 5.91 Å². The summed E-state index contributed by atoms with van der Waals surface area (Å²) in [5.74, 6) is -0.383. The van der Waals surface area contributed by atoms with Gasteiger partial charge in [0.1, 0.15) is 0 Å². The van der Waals surface area contributed by atoms with Gasteiger partial charge in [0.25, 0.3) is 5.91 Å². The number of fused-ring (bicyclic) bond motifs is 1. The van der Waals surface area contributed by atoms with E-state index in [9.17, 15) is 9.90 Å². The lowest BCUT2D eigenvalue weighted by Crippen LogP contribution is -2.26. The van der Waals surface area contributed by atoms with Gasteiger partial charge in [-0.3, -0.25) is 4.79 Å². The minimum absolute atomic E-state index is 0.383. The highest BCUT2D eigenvalue weighted by Gasteiger charge is 2.30. The Morgan fingerprint density at radius 3 is 2.43 bits per heavy atom. The van der Waals surface area contributed by atoms with Gasteiger partial charge < -0.3 is 15.3 Å². The molecule has 0 aromatic heterocycles. The van der Waals surface area contributed by atoms with Crippen LogP contribution in [-0.4, -0.2) is 24.1 Å². The number of nitrogens with zero attached hydrogens (tertiary/aromatic N) is 1. The Hall–Kier alpha value is -1.26. The highest BCUT2D eigenvalue weighted by Crippen LogP contribution is 2.39. The first-order valence-corrected chi connectivity index (χ1v) is 8.03. The molecular weight excluding hydrogens is 288 g/mol.